The van der Waals surface area contributed by atoms with Gasteiger partial charge in [0.1, 0.15) is 0 Å². The molecule has 2 nitrogen and oxygen atoms in total. The zero-order chi connectivity index (χ0) is 14.5. The van der Waals surface area contributed by atoms with Gasteiger partial charge in [0.05, 0.1) is 0 Å². The van der Waals surface area contributed by atoms with Crippen LogP contribution in [0.5, 0.6) is 0 Å². The van der Waals surface area contributed by atoms with Crippen LogP contribution in [0.2, 0.25) is 5.02 Å². The number of nitrogens with one attached hydrogen (secondary N) is 1. The SMILES string of the molecule is CCN(CC)CC(C)NC1CC(c2cccc(Cl)c2)C1. The van der Waals surface area contributed by atoms with E-state index in [-0.39, 0.29) is 0 Å². The molecule has 0 heterocycles. The van der Waals surface area contributed by atoms with E-state index in [4.69, 9.17) is 11.6 Å². The minimum absolute atomic E-state index is 0.570. The summed E-state index contributed by atoms with van der Waals surface area (Å²) in [5.41, 5.74) is 1.40. The molecular formula is C17H27ClN2. The van der Waals surface area contributed by atoms with Gasteiger partial charge in [-0.1, -0.05) is 37.6 Å². The highest BCUT2D eigenvalue weighted by atomic mass is 35.5. The molecule has 1 unspecified atom stereocenters. The molecule has 0 amide bonds. The molecule has 1 aliphatic rings. The van der Waals surface area contributed by atoms with Gasteiger partial charge in [0.15, 0.2) is 0 Å². The summed E-state index contributed by atoms with van der Waals surface area (Å²) in [5.74, 6) is 0.687. The molecule has 1 aromatic rings. The van der Waals surface area contributed by atoms with Crippen molar-refractivity contribution >= 4 is 11.6 Å². The molecule has 0 bridgehead atoms. The lowest BCUT2D eigenvalue weighted by atomic mass is 9.75. The summed E-state index contributed by atoms with van der Waals surface area (Å²) in [7, 11) is 0. The van der Waals surface area contributed by atoms with Crippen molar-refractivity contribution in [1.29, 1.82) is 0 Å². The van der Waals surface area contributed by atoms with Crippen molar-refractivity contribution < 1.29 is 0 Å². The van der Waals surface area contributed by atoms with Crippen LogP contribution in [0.1, 0.15) is 45.1 Å². The van der Waals surface area contributed by atoms with Crippen molar-refractivity contribution in [3.8, 4) is 0 Å². The Bertz CT molecular complexity index is 411. The molecule has 2 rings (SSSR count). The van der Waals surface area contributed by atoms with Crippen LogP contribution in [-0.4, -0.2) is 36.6 Å². The molecule has 1 aliphatic carbocycles. The second kappa shape index (κ2) is 7.44. The van der Waals surface area contributed by atoms with Crippen LogP contribution in [0.15, 0.2) is 24.3 Å². The van der Waals surface area contributed by atoms with Gasteiger partial charge in [-0.15, -0.1) is 0 Å². The van der Waals surface area contributed by atoms with E-state index in [1.54, 1.807) is 0 Å². The van der Waals surface area contributed by atoms with Gasteiger partial charge in [0.2, 0.25) is 0 Å². The number of hydrogen-bond acceptors (Lipinski definition) is 2. The summed E-state index contributed by atoms with van der Waals surface area (Å²) in [6, 6.07) is 9.56. The predicted molar refractivity (Wildman–Crippen MR) is 87.6 cm³/mol. The molecule has 0 aliphatic heterocycles. The first kappa shape index (κ1) is 15.8. The standard InChI is InChI=1S/C17H27ClN2/c1-4-20(5-2)12-13(3)19-17-10-15(11-17)14-7-6-8-16(18)9-14/h6-9,13,15,17,19H,4-5,10-12H2,1-3H3. The molecule has 1 N–H and O–H groups in total. The number of halogens is 1. The van der Waals surface area contributed by atoms with Gasteiger partial charge < -0.3 is 10.2 Å². The van der Waals surface area contributed by atoms with E-state index in [0.717, 1.165) is 24.7 Å². The van der Waals surface area contributed by atoms with Crippen LogP contribution >= 0.6 is 11.6 Å². The molecule has 20 heavy (non-hydrogen) atoms. The Hall–Kier alpha value is -0.570. The van der Waals surface area contributed by atoms with Gasteiger partial charge in [0, 0.05) is 23.7 Å². The minimum atomic E-state index is 0.570. The maximum absolute atomic E-state index is 6.06. The number of nitrogens with zero attached hydrogens (tertiary/aromatic N) is 1. The fraction of sp³-hybridized carbons (Fsp3) is 0.647. The van der Waals surface area contributed by atoms with Gasteiger partial charge in [-0.25, -0.2) is 0 Å². The molecule has 0 saturated heterocycles. The lowest BCUT2D eigenvalue weighted by Gasteiger charge is -2.39. The molecule has 0 aromatic heterocycles. The van der Waals surface area contributed by atoms with Crippen LogP contribution in [0.4, 0.5) is 0 Å². The smallest absolute Gasteiger partial charge is 0.0408 e. The Morgan fingerprint density at radius 1 is 1.30 bits per heavy atom. The molecule has 1 saturated carbocycles. The van der Waals surface area contributed by atoms with E-state index >= 15 is 0 Å². The van der Waals surface area contributed by atoms with Crippen molar-refractivity contribution in [1.82, 2.24) is 10.2 Å². The van der Waals surface area contributed by atoms with Crippen LogP contribution in [0.25, 0.3) is 0 Å². The van der Waals surface area contributed by atoms with Crippen LogP contribution in [-0.2, 0) is 0 Å². The largest absolute Gasteiger partial charge is 0.310 e. The first-order valence-electron chi connectivity index (χ1n) is 7.86. The van der Waals surface area contributed by atoms with Crippen molar-refractivity contribution in [2.75, 3.05) is 19.6 Å². The van der Waals surface area contributed by atoms with Gasteiger partial charge in [-0.2, -0.15) is 0 Å². The third-order valence-electron chi connectivity index (χ3n) is 4.40. The summed E-state index contributed by atoms with van der Waals surface area (Å²) in [5, 5.41) is 4.61. The van der Waals surface area contributed by atoms with Gasteiger partial charge >= 0.3 is 0 Å². The number of hydrogen-bond donors (Lipinski definition) is 1. The first-order chi connectivity index (χ1) is 9.62. The summed E-state index contributed by atoms with van der Waals surface area (Å²) >= 11 is 6.06. The fourth-order valence-electron chi connectivity index (χ4n) is 3.11. The van der Waals surface area contributed by atoms with E-state index in [1.165, 1.54) is 18.4 Å². The van der Waals surface area contributed by atoms with E-state index in [0.29, 0.717) is 18.0 Å². The van der Waals surface area contributed by atoms with E-state index in [1.807, 2.05) is 6.07 Å². The fourth-order valence-corrected chi connectivity index (χ4v) is 3.31. The third-order valence-corrected chi connectivity index (χ3v) is 4.64. The minimum Gasteiger partial charge on any atom is -0.310 e. The molecule has 1 atom stereocenters. The maximum atomic E-state index is 6.06. The van der Waals surface area contributed by atoms with Crippen LogP contribution < -0.4 is 5.32 Å². The number of rotatable bonds is 7. The maximum Gasteiger partial charge on any atom is 0.0408 e. The average Bonchev–Trinajstić information content (AvgIpc) is 2.39. The second-order valence-electron chi connectivity index (χ2n) is 5.97. The van der Waals surface area contributed by atoms with E-state index in [2.05, 4.69) is 49.2 Å². The quantitative estimate of drug-likeness (QED) is 0.820. The van der Waals surface area contributed by atoms with Crippen molar-refractivity contribution in [2.45, 2.75) is 51.6 Å². The van der Waals surface area contributed by atoms with Gasteiger partial charge in [-0.05, 0) is 56.5 Å². The highest BCUT2D eigenvalue weighted by Gasteiger charge is 2.31. The zero-order valence-electron chi connectivity index (χ0n) is 12.9. The zero-order valence-corrected chi connectivity index (χ0v) is 13.7. The molecule has 0 spiro atoms. The molecular weight excluding hydrogens is 268 g/mol. The summed E-state index contributed by atoms with van der Waals surface area (Å²) in [6.45, 7) is 10.2. The summed E-state index contributed by atoms with van der Waals surface area (Å²) < 4.78 is 0. The molecule has 0 radical (unpaired) electrons. The summed E-state index contributed by atoms with van der Waals surface area (Å²) in [6.07, 6.45) is 2.48. The molecule has 1 fully saturated rings. The Labute approximate surface area is 128 Å². The Kier molecular flexibility index (Phi) is 5.88. The first-order valence-corrected chi connectivity index (χ1v) is 8.24. The normalized spacial score (nSPS) is 23.6. The molecule has 1 aromatic carbocycles. The van der Waals surface area contributed by atoms with E-state index < -0.39 is 0 Å². The Balaban J connectivity index is 1.74. The number of likely N-dealkylation sites (N-methyl/N-ethyl adjacent to an activating group) is 1. The van der Waals surface area contributed by atoms with Crippen molar-refractivity contribution in [3.05, 3.63) is 34.9 Å². The average molecular weight is 295 g/mol. The lowest BCUT2D eigenvalue weighted by molar-refractivity contribution is 0.221. The number of benzene rings is 1. The topological polar surface area (TPSA) is 15.3 Å². The summed E-state index contributed by atoms with van der Waals surface area (Å²) in [4.78, 5) is 2.48. The third kappa shape index (κ3) is 4.21. The van der Waals surface area contributed by atoms with Crippen molar-refractivity contribution in [3.63, 3.8) is 0 Å². The Morgan fingerprint density at radius 2 is 2.00 bits per heavy atom. The molecule has 112 valence electrons. The molecule has 3 heteroatoms. The van der Waals surface area contributed by atoms with Crippen molar-refractivity contribution in [2.24, 2.45) is 0 Å². The van der Waals surface area contributed by atoms with Crippen LogP contribution in [0, 0.1) is 0 Å². The van der Waals surface area contributed by atoms with Gasteiger partial charge in [-0.3, -0.25) is 0 Å². The Morgan fingerprint density at radius 3 is 2.60 bits per heavy atom. The second-order valence-corrected chi connectivity index (χ2v) is 6.41. The monoisotopic (exact) mass is 294 g/mol. The predicted octanol–water partition coefficient (Wildman–Crippen LogP) is 3.91. The highest BCUT2D eigenvalue weighted by molar-refractivity contribution is 6.30. The van der Waals surface area contributed by atoms with Crippen LogP contribution in [0.3, 0.4) is 0 Å². The highest BCUT2D eigenvalue weighted by Crippen LogP contribution is 2.37. The van der Waals surface area contributed by atoms with E-state index in [9.17, 15) is 0 Å². The lowest BCUT2D eigenvalue weighted by Crippen LogP contribution is -2.48. The van der Waals surface area contributed by atoms with Gasteiger partial charge in [0.25, 0.3) is 0 Å².